The second-order valence-corrected chi connectivity index (χ2v) is 2.19. The number of carboxylic acid groups (broad SMARTS) is 3. The van der Waals surface area contributed by atoms with Crippen molar-refractivity contribution in [3.63, 3.8) is 0 Å². The predicted octanol–water partition coefficient (Wildman–Crippen LogP) is -9.81. The Balaban J connectivity index is -0.0000000849. The summed E-state index contributed by atoms with van der Waals surface area (Å²) in [4.78, 5) is 30.0. The van der Waals surface area contributed by atoms with Crippen LogP contribution in [-0.2, 0) is 14.4 Å². The third-order valence-electron chi connectivity index (χ3n) is 1.18. The van der Waals surface area contributed by atoms with Gasteiger partial charge < -0.3 is 35.1 Å². The van der Waals surface area contributed by atoms with Crippen molar-refractivity contribution in [3.05, 3.63) is 0 Å². The van der Waals surface area contributed by atoms with Gasteiger partial charge in [0.15, 0.2) is 0 Å². The molecule has 0 aliphatic carbocycles. The van der Waals surface area contributed by atoms with Crippen LogP contribution in [-0.4, -0.2) is 47.4 Å². The normalized spacial score (nSPS) is 7.17. The first-order valence-corrected chi connectivity index (χ1v) is 3.95. The van der Waals surface area contributed by atoms with Crippen LogP contribution in [0, 0.1) is 5.92 Å². The summed E-state index contributed by atoms with van der Waals surface area (Å²) >= 11 is 0. The maximum Gasteiger partial charge on any atom is 1.00 e. The fraction of sp³-hybridized carbons (Fsp3) is 0.625. The summed E-state index contributed by atoms with van der Waals surface area (Å²) in [7, 11) is 2.00. The van der Waals surface area contributed by atoms with Gasteiger partial charge in [0.05, 0.1) is 5.92 Å². The van der Waals surface area contributed by atoms with Crippen molar-refractivity contribution in [2.75, 3.05) is 14.2 Å². The van der Waals surface area contributed by atoms with Gasteiger partial charge in [0.1, 0.15) is 0 Å². The van der Waals surface area contributed by atoms with Gasteiger partial charge >= 0.3 is 65.1 Å². The molecule has 0 aliphatic rings. The van der Waals surface area contributed by atoms with Crippen molar-refractivity contribution >= 4 is 17.9 Å². The summed E-state index contributed by atoms with van der Waals surface area (Å²) in [6, 6.07) is 0. The molecule has 3 N–H and O–H groups in total. The van der Waals surface area contributed by atoms with E-state index in [0.717, 1.165) is 14.2 Å². The molecule has 0 unspecified atom stereocenters. The Morgan fingerprint density at radius 2 is 1.11 bits per heavy atom. The summed E-state index contributed by atoms with van der Waals surface area (Å²) in [5.41, 5.74) is 0. The molecular weight excluding hydrogens is 270 g/mol. The molecule has 0 spiro atoms. The van der Waals surface area contributed by atoms with Gasteiger partial charge in [-0.3, -0.25) is 4.79 Å². The zero-order valence-electron chi connectivity index (χ0n) is 10.9. The quantitative estimate of drug-likeness (QED) is 0.420. The predicted molar refractivity (Wildman–Crippen MR) is 46.7 cm³/mol. The summed E-state index contributed by atoms with van der Waals surface area (Å²) in [5, 5.41) is 42.1. The first-order chi connectivity index (χ1) is 7.43. The molecule has 0 aromatic rings. The Kier molecular flexibility index (Phi) is 38.7. The van der Waals surface area contributed by atoms with Crippen molar-refractivity contribution in [2.45, 2.75) is 12.8 Å². The van der Waals surface area contributed by atoms with E-state index in [2.05, 4.69) is 0 Å². The van der Waals surface area contributed by atoms with E-state index in [4.69, 9.17) is 15.3 Å². The van der Waals surface area contributed by atoms with Gasteiger partial charge in [0.2, 0.25) is 0 Å². The fourth-order valence-electron chi connectivity index (χ4n) is 0.649. The number of hydrogen-bond donors (Lipinski definition) is 3. The average molecular weight is 284 g/mol. The number of rotatable bonds is 5. The molecule has 0 saturated carbocycles. The molecule has 0 aliphatic heterocycles. The van der Waals surface area contributed by atoms with Gasteiger partial charge in [-0.15, -0.1) is 0 Å². The van der Waals surface area contributed by atoms with Gasteiger partial charge in [-0.1, -0.05) is 0 Å². The third-order valence-corrected chi connectivity index (χ3v) is 1.18. The molecule has 0 atom stereocenters. The first-order valence-electron chi connectivity index (χ1n) is 3.95. The minimum absolute atomic E-state index is 0. The van der Waals surface area contributed by atoms with Crippen LogP contribution in [0.25, 0.3) is 0 Å². The van der Waals surface area contributed by atoms with Crippen molar-refractivity contribution in [3.8, 4) is 0 Å². The van der Waals surface area contributed by atoms with Crippen molar-refractivity contribution in [1.29, 1.82) is 0 Å². The Bertz CT molecular complexity index is 205. The second-order valence-electron chi connectivity index (χ2n) is 2.19. The van der Waals surface area contributed by atoms with Crippen LogP contribution in [0.1, 0.15) is 12.8 Å². The van der Waals surface area contributed by atoms with Crippen molar-refractivity contribution < 1.29 is 99.0 Å². The Morgan fingerprint density at radius 1 is 0.889 bits per heavy atom. The van der Waals surface area contributed by atoms with E-state index in [9.17, 15) is 24.6 Å². The standard InChI is InChI=1S/C6H8O6.2CH4O.2Na/c7-4(8)1-3(6(11)12)2-5(9)10;2*1-2;;/h3H,1-2H2,(H,7,8)(H,9,10)(H,11,12);2*2H,1H3;;/q;;;2*+1/p-2. The molecule has 8 nitrogen and oxygen atoms in total. The van der Waals surface area contributed by atoms with Crippen LogP contribution in [0.5, 0.6) is 0 Å². The van der Waals surface area contributed by atoms with E-state index in [1.54, 1.807) is 0 Å². The number of hydrogen-bond acceptors (Lipinski definition) is 7. The van der Waals surface area contributed by atoms with E-state index in [1.807, 2.05) is 0 Å². The molecular formula is C8H14Na2O8. The number of aliphatic carboxylic acids is 3. The van der Waals surface area contributed by atoms with Gasteiger partial charge in [0.25, 0.3) is 0 Å². The summed E-state index contributed by atoms with van der Waals surface area (Å²) in [5.74, 6) is -6.14. The Labute approximate surface area is 149 Å². The van der Waals surface area contributed by atoms with Crippen molar-refractivity contribution in [1.82, 2.24) is 0 Å². The van der Waals surface area contributed by atoms with E-state index in [-0.39, 0.29) is 59.1 Å². The first kappa shape index (κ1) is 31.0. The molecule has 96 valence electrons. The smallest absolute Gasteiger partial charge is 0.550 e. The van der Waals surface area contributed by atoms with Gasteiger partial charge in [-0.2, -0.15) is 0 Å². The molecule has 18 heavy (non-hydrogen) atoms. The molecule has 0 fully saturated rings. The van der Waals surface area contributed by atoms with Crippen molar-refractivity contribution in [2.24, 2.45) is 5.92 Å². The van der Waals surface area contributed by atoms with Crippen LogP contribution in [0.15, 0.2) is 0 Å². The molecule has 0 heterocycles. The molecule has 0 saturated heterocycles. The number of aliphatic hydroxyl groups excluding tert-OH is 2. The minimum Gasteiger partial charge on any atom is -0.550 e. The van der Waals surface area contributed by atoms with Crippen LogP contribution < -0.4 is 69.3 Å². The monoisotopic (exact) mass is 284 g/mol. The van der Waals surface area contributed by atoms with Crippen LogP contribution in [0.2, 0.25) is 0 Å². The van der Waals surface area contributed by atoms with E-state index < -0.39 is 36.7 Å². The molecule has 0 radical (unpaired) electrons. The van der Waals surface area contributed by atoms with Gasteiger partial charge in [0, 0.05) is 39.0 Å². The maximum absolute atomic E-state index is 10.2. The summed E-state index contributed by atoms with van der Waals surface area (Å²) in [6.07, 6.45) is -1.63. The largest absolute Gasteiger partial charge is 1.00 e. The summed E-state index contributed by atoms with van der Waals surface area (Å²) in [6.45, 7) is 0. The maximum atomic E-state index is 10.2. The van der Waals surface area contributed by atoms with Crippen LogP contribution in [0.4, 0.5) is 0 Å². The number of carbonyl (C=O) groups excluding carboxylic acids is 2. The third kappa shape index (κ3) is 25.2. The zero-order valence-corrected chi connectivity index (χ0v) is 14.9. The topological polar surface area (TPSA) is 158 Å². The summed E-state index contributed by atoms with van der Waals surface area (Å²) < 4.78 is 0. The number of aliphatic hydroxyl groups is 2. The van der Waals surface area contributed by atoms with Crippen LogP contribution >= 0.6 is 0 Å². The molecule has 0 aromatic carbocycles. The number of carboxylic acids is 3. The van der Waals surface area contributed by atoms with Crippen LogP contribution in [0.3, 0.4) is 0 Å². The minimum atomic E-state index is -1.59. The Hall–Kier alpha value is 0.330. The van der Waals surface area contributed by atoms with E-state index in [1.165, 1.54) is 0 Å². The Morgan fingerprint density at radius 3 is 1.22 bits per heavy atom. The molecule has 0 bridgehead atoms. The molecule has 10 heteroatoms. The zero-order chi connectivity index (χ0) is 13.7. The molecule has 0 amide bonds. The molecule has 0 rings (SSSR count). The van der Waals surface area contributed by atoms with E-state index >= 15 is 0 Å². The number of carbonyl (C=O) groups is 3. The second kappa shape index (κ2) is 22.5. The fourth-order valence-corrected chi connectivity index (χ4v) is 0.649. The average Bonchev–Trinajstić information content (AvgIpc) is 2.21. The SMILES string of the molecule is CO.CO.O=C([O-])CC(CC(=O)[O-])C(=O)O.[Na+].[Na+]. The van der Waals surface area contributed by atoms with Gasteiger partial charge in [-0.25, -0.2) is 0 Å². The van der Waals surface area contributed by atoms with E-state index in [0.29, 0.717) is 0 Å². The van der Waals surface area contributed by atoms with Gasteiger partial charge in [-0.05, 0) is 0 Å². The molecule has 0 aromatic heterocycles.